The van der Waals surface area contributed by atoms with E-state index in [1.54, 1.807) is 19.1 Å². The van der Waals surface area contributed by atoms with Crippen LogP contribution in [0.1, 0.15) is 31.4 Å². The zero-order chi connectivity index (χ0) is 13.7. The van der Waals surface area contributed by atoms with Crippen molar-refractivity contribution in [2.45, 2.75) is 39.8 Å². The average molecular weight is 253 g/mol. The van der Waals surface area contributed by atoms with Gasteiger partial charge in [-0.05, 0) is 36.5 Å². The van der Waals surface area contributed by atoms with Gasteiger partial charge < -0.3 is 10.4 Å². The van der Waals surface area contributed by atoms with E-state index in [2.05, 4.69) is 5.32 Å². The van der Waals surface area contributed by atoms with Crippen molar-refractivity contribution in [3.8, 4) is 0 Å². The Bertz CT molecular complexity index is 418. The highest BCUT2D eigenvalue weighted by Gasteiger charge is 2.17. The van der Waals surface area contributed by atoms with Crippen LogP contribution in [-0.4, -0.2) is 17.1 Å². The molecule has 1 aromatic rings. The zero-order valence-corrected chi connectivity index (χ0v) is 11.0. The number of benzene rings is 1. The number of carboxylic acid groups (broad SMARTS) is 1. The third-order valence-electron chi connectivity index (χ3n) is 2.79. The smallest absolute Gasteiger partial charge is 0.320 e. The van der Waals surface area contributed by atoms with Gasteiger partial charge in [0.15, 0.2) is 0 Å². The molecule has 3 nitrogen and oxygen atoms in total. The standard InChI is InChI=1S/C14H20FNO2/c1-9(2)6-13(14(17)18)16-8-11-5-4-10(3)12(15)7-11/h4-5,7,9,13,16H,6,8H2,1-3H3,(H,17,18)/t13-/m0/s1. The van der Waals surface area contributed by atoms with Crippen LogP contribution in [0.5, 0.6) is 0 Å². The summed E-state index contributed by atoms with van der Waals surface area (Å²) in [6.45, 7) is 6.01. The van der Waals surface area contributed by atoms with Gasteiger partial charge in [-0.1, -0.05) is 26.0 Å². The normalized spacial score (nSPS) is 12.7. The maximum absolute atomic E-state index is 13.3. The lowest BCUT2D eigenvalue weighted by molar-refractivity contribution is -0.140. The van der Waals surface area contributed by atoms with Crippen LogP contribution in [0.25, 0.3) is 0 Å². The third kappa shape index (κ3) is 4.45. The highest BCUT2D eigenvalue weighted by atomic mass is 19.1. The minimum absolute atomic E-state index is 0.259. The first-order valence-electron chi connectivity index (χ1n) is 6.11. The van der Waals surface area contributed by atoms with Crippen LogP contribution < -0.4 is 5.32 Å². The molecule has 0 aromatic heterocycles. The first kappa shape index (κ1) is 14.6. The Morgan fingerprint density at radius 1 is 1.44 bits per heavy atom. The van der Waals surface area contributed by atoms with Crippen LogP contribution in [0.4, 0.5) is 4.39 Å². The summed E-state index contributed by atoms with van der Waals surface area (Å²) < 4.78 is 13.3. The van der Waals surface area contributed by atoms with Crippen LogP contribution in [0, 0.1) is 18.7 Å². The molecule has 0 aliphatic carbocycles. The Labute approximate surface area is 107 Å². The van der Waals surface area contributed by atoms with Gasteiger partial charge in [0, 0.05) is 6.54 Å². The summed E-state index contributed by atoms with van der Waals surface area (Å²) in [6.07, 6.45) is 0.559. The van der Waals surface area contributed by atoms with Gasteiger partial charge in [0.1, 0.15) is 11.9 Å². The van der Waals surface area contributed by atoms with Gasteiger partial charge in [-0.3, -0.25) is 4.79 Å². The Morgan fingerprint density at radius 2 is 2.11 bits per heavy atom. The Morgan fingerprint density at radius 3 is 2.61 bits per heavy atom. The van der Waals surface area contributed by atoms with Crippen molar-refractivity contribution in [3.63, 3.8) is 0 Å². The van der Waals surface area contributed by atoms with Crippen LogP contribution >= 0.6 is 0 Å². The van der Waals surface area contributed by atoms with Crippen molar-refractivity contribution >= 4 is 5.97 Å². The molecule has 0 bridgehead atoms. The molecule has 1 atom stereocenters. The van der Waals surface area contributed by atoms with Crippen molar-refractivity contribution in [1.29, 1.82) is 0 Å². The summed E-state index contributed by atoms with van der Waals surface area (Å²) in [5, 5.41) is 12.0. The van der Waals surface area contributed by atoms with Crippen molar-refractivity contribution in [1.82, 2.24) is 5.32 Å². The highest BCUT2D eigenvalue weighted by molar-refractivity contribution is 5.73. The molecule has 0 aliphatic heterocycles. The minimum Gasteiger partial charge on any atom is -0.480 e. The van der Waals surface area contributed by atoms with E-state index in [1.165, 1.54) is 6.07 Å². The SMILES string of the molecule is Cc1ccc(CN[C@@H](CC(C)C)C(=O)O)cc1F. The molecule has 0 aliphatic rings. The van der Waals surface area contributed by atoms with Crippen LogP contribution in [-0.2, 0) is 11.3 Å². The predicted octanol–water partition coefficient (Wildman–Crippen LogP) is 2.72. The van der Waals surface area contributed by atoms with Crippen LogP contribution in [0.2, 0.25) is 0 Å². The zero-order valence-electron chi connectivity index (χ0n) is 11.0. The molecule has 2 N–H and O–H groups in total. The van der Waals surface area contributed by atoms with Crippen LogP contribution in [0.3, 0.4) is 0 Å². The molecule has 0 fully saturated rings. The van der Waals surface area contributed by atoms with Gasteiger partial charge in [0.25, 0.3) is 0 Å². The Hall–Kier alpha value is -1.42. The van der Waals surface area contributed by atoms with Gasteiger partial charge in [0.05, 0.1) is 0 Å². The number of rotatable bonds is 6. The van der Waals surface area contributed by atoms with Gasteiger partial charge in [-0.2, -0.15) is 0 Å². The molecule has 0 amide bonds. The molecule has 0 saturated heterocycles. The topological polar surface area (TPSA) is 49.3 Å². The van der Waals surface area contributed by atoms with E-state index in [-0.39, 0.29) is 5.82 Å². The minimum atomic E-state index is -0.865. The van der Waals surface area contributed by atoms with Gasteiger partial charge in [-0.15, -0.1) is 0 Å². The molecule has 0 radical (unpaired) electrons. The summed E-state index contributed by atoms with van der Waals surface area (Å²) in [5.74, 6) is -0.824. The number of hydrogen-bond donors (Lipinski definition) is 2. The van der Waals surface area contributed by atoms with E-state index in [0.29, 0.717) is 24.4 Å². The molecule has 100 valence electrons. The second-order valence-electron chi connectivity index (χ2n) is 4.98. The number of aryl methyl sites for hydroxylation is 1. The van der Waals surface area contributed by atoms with Crippen molar-refractivity contribution in [3.05, 3.63) is 35.1 Å². The lowest BCUT2D eigenvalue weighted by atomic mass is 10.0. The summed E-state index contributed by atoms with van der Waals surface area (Å²) in [5.41, 5.74) is 1.35. The summed E-state index contributed by atoms with van der Waals surface area (Å²) in [6, 6.07) is 4.36. The number of halogens is 1. The molecular formula is C14H20FNO2. The molecule has 4 heteroatoms. The average Bonchev–Trinajstić information content (AvgIpc) is 2.28. The molecule has 18 heavy (non-hydrogen) atoms. The Balaban J connectivity index is 2.61. The quantitative estimate of drug-likeness (QED) is 0.819. The molecule has 0 heterocycles. The molecule has 1 aromatic carbocycles. The van der Waals surface area contributed by atoms with Crippen molar-refractivity contribution < 1.29 is 14.3 Å². The maximum Gasteiger partial charge on any atom is 0.320 e. The number of aliphatic carboxylic acids is 1. The molecule has 0 saturated carbocycles. The Kier molecular flexibility index (Phi) is 5.28. The van der Waals surface area contributed by atoms with Crippen LogP contribution in [0.15, 0.2) is 18.2 Å². The highest BCUT2D eigenvalue weighted by Crippen LogP contribution is 2.10. The monoisotopic (exact) mass is 253 g/mol. The van der Waals surface area contributed by atoms with E-state index in [0.717, 1.165) is 5.56 Å². The number of carboxylic acids is 1. The van der Waals surface area contributed by atoms with Crippen molar-refractivity contribution in [2.75, 3.05) is 0 Å². The van der Waals surface area contributed by atoms with Gasteiger partial charge in [0.2, 0.25) is 0 Å². The number of carbonyl (C=O) groups is 1. The largest absolute Gasteiger partial charge is 0.480 e. The molecule has 0 unspecified atom stereocenters. The van der Waals surface area contributed by atoms with E-state index in [1.807, 2.05) is 13.8 Å². The first-order valence-corrected chi connectivity index (χ1v) is 6.11. The maximum atomic E-state index is 13.3. The predicted molar refractivity (Wildman–Crippen MR) is 68.9 cm³/mol. The van der Waals surface area contributed by atoms with Gasteiger partial charge in [-0.25, -0.2) is 4.39 Å². The summed E-state index contributed by atoms with van der Waals surface area (Å²) in [7, 11) is 0. The second kappa shape index (κ2) is 6.50. The van der Waals surface area contributed by atoms with Crippen molar-refractivity contribution in [2.24, 2.45) is 5.92 Å². The fraction of sp³-hybridized carbons (Fsp3) is 0.500. The fourth-order valence-electron chi connectivity index (χ4n) is 1.73. The summed E-state index contributed by atoms with van der Waals surface area (Å²) >= 11 is 0. The van der Waals surface area contributed by atoms with Gasteiger partial charge >= 0.3 is 5.97 Å². The second-order valence-corrected chi connectivity index (χ2v) is 4.98. The van der Waals surface area contributed by atoms with E-state index in [4.69, 9.17) is 5.11 Å². The van der Waals surface area contributed by atoms with E-state index < -0.39 is 12.0 Å². The third-order valence-corrected chi connectivity index (χ3v) is 2.79. The number of nitrogens with one attached hydrogen (secondary N) is 1. The van der Waals surface area contributed by atoms with E-state index >= 15 is 0 Å². The summed E-state index contributed by atoms with van der Waals surface area (Å²) in [4.78, 5) is 11.0. The fourth-order valence-corrected chi connectivity index (χ4v) is 1.73. The molecule has 0 spiro atoms. The number of hydrogen-bond acceptors (Lipinski definition) is 2. The molecule has 1 rings (SSSR count). The lowest BCUT2D eigenvalue weighted by Crippen LogP contribution is -2.37. The lowest BCUT2D eigenvalue weighted by Gasteiger charge is -2.16. The molecular weight excluding hydrogens is 233 g/mol. The first-order chi connectivity index (χ1) is 8.40. The van der Waals surface area contributed by atoms with E-state index in [9.17, 15) is 9.18 Å².